The quantitative estimate of drug-likeness (QED) is 0.852. The lowest BCUT2D eigenvalue weighted by Gasteiger charge is -2.28. The minimum Gasteiger partial charge on any atom is -0.497 e. The third-order valence-corrected chi connectivity index (χ3v) is 4.01. The number of piperidine rings is 1. The average molecular weight is 312 g/mol. The van der Waals surface area contributed by atoms with Crippen molar-refractivity contribution < 1.29 is 14.3 Å². The van der Waals surface area contributed by atoms with Gasteiger partial charge in [0.25, 0.3) is 0 Å². The zero-order valence-corrected chi connectivity index (χ0v) is 11.8. The van der Waals surface area contributed by atoms with Gasteiger partial charge in [-0.05, 0) is 23.8 Å². The van der Waals surface area contributed by atoms with Crippen molar-refractivity contribution in [2.75, 3.05) is 7.11 Å². The van der Waals surface area contributed by atoms with Gasteiger partial charge < -0.3 is 4.74 Å². The lowest BCUT2D eigenvalue weighted by molar-refractivity contribution is -0.136. The maximum atomic E-state index is 11.7. The number of nitrogens with one attached hydrogen (secondary N) is 1. The van der Waals surface area contributed by atoms with Crippen LogP contribution in [-0.2, 0) is 9.59 Å². The fourth-order valence-corrected chi connectivity index (χ4v) is 2.71. The maximum Gasteiger partial charge on any atom is 0.230 e. The van der Waals surface area contributed by atoms with Gasteiger partial charge in [0.1, 0.15) is 5.75 Å². The first kappa shape index (κ1) is 13.1. The molecular formula is C13H14BrNO3. The normalized spacial score (nSPS) is 23.7. The van der Waals surface area contributed by atoms with Crippen LogP contribution in [0.25, 0.3) is 0 Å². The van der Waals surface area contributed by atoms with Crippen LogP contribution in [0.5, 0.6) is 5.75 Å². The first-order valence-corrected chi connectivity index (χ1v) is 6.49. The average Bonchev–Trinajstić information content (AvgIpc) is 2.34. The van der Waals surface area contributed by atoms with E-state index in [-0.39, 0.29) is 23.7 Å². The van der Waals surface area contributed by atoms with Crippen LogP contribution in [0, 0.1) is 5.92 Å². The third kappa shape index (κ3) is 2.41. The molecule has 1 aliphatic heterocycles. The van der Waals surface area contributed by atoms with Gasteiger partial charge in [0.2, 0.25) is 11.8 Å². The SMILES string of the molecule is COc1ccc(Br)c(C2CC(=O)NC(=O)C2C)c1. The monoisotopic (exact) mass is 311 g/mol. The van der Waals surface area contributed by atoms with E-state index < -0.39 is 0 Å². The lowest BCUT2D eigenvalue weighted by Crippen LogP contribution is -2.43. The van der Waals surface area contributed by atoms with Gasteiger partial charge in [-0.1, -0.05) is 22.9 Å². The second kappa shape index (κ2) is 5.10. The number of hydrogen-bond acceptors (Lipinski definition) is 3. The van der Waals surface area contributed by atoms with Crippen LogP contribution in [0.2, 0.25) is 0 Å². The molecule has 1 N–H and O–H groups in total. The molecule has 1 saturated heterocycles. The molecule has 4 nitrogen and oxygen atoms in total. The van der Waals surface area contributed by atoms with E-state index in [4.69, 9.17) is 4.74 Å². The number of ether oxygens (including phenoxy) is 1. The summed E-state index contributed by atoms with van der Waals surface area (Å²) in [5, 5.41) is 2.35. The van der Waals surface area contributed by atoms with E-state index in [0.29, 0.717) is 6.42 Å². The minimum absolute atomic E-state index is 0.115. The highest BCUT2D eigenvalue weighted by atomic mass is 79.9. The number of halogens is 1. The molecule has 0 bridgehead atoms. The molecule has 1 aromatic carbocycles. The van der Waals surface area contributed by atoms with Gasteiger partial charge in [0.05, 0.1) is 7.11 Å². The number of rotatable bonds is 2. The second-order valence-corrected chi connectivity index (χ2v) is 5.25. The van der Waals surface area contributed by atoms with Crippen molar-refractivity contribution in [2.24, 2.45) is 5.92 Å². The third-order valence-electron chi connectivity index (χ3n) is 3.29. The Morgan fingerprint density at radius 2 is 2.11 bits per heavy atom. The van der Waals surface area contributed by atoms with Crippen LogP contribution in [-0.4, -0.2) is 18.9 Å². The van der Waals surface area contributed by atoms with Gasteiger partial charge >= 0.3 is 0 Å². The van der Waals surface area contributed by atoms with Crippen molar-refractivity contribution in [3.63, 3.8) is 0 Å². The molecule has 5 heteroatoms. The Kier molecular flexibility index (Phi) is 3.71. The van der Waals surface area contributed by atoms with E-state index >= 15 is 0 Å². The van der Waals surface area contributed by atoms with E-state index in [1.54, 1.807) is 7.11 Å². The van der Waals surface area contributed by atoms with Crippen LogP contribution < -0.4 is 10.1 Å². The van der Waals surface area contributed by atoms with Crippen LogP contribution in [0.3, 0.4) is 0 Å². The number of methoxy groups -OCH3 is 1. The predicted molar refractivity (Wildman–Crippen MR) is 70.4 cm³/mol. The summed E-state index contributed by atoms with van der Waals surface area (Å²) in [7, 11) is 1.59. The molecule has 0 radical (unpaired) electrons. The summed E-state index contributed by atoms with van der Waals surface area (Å²) in [5.41, 5.74) is 0.935. The predicted octanol–water partition coefficient (Wildman–Crippen LogP) is 2.22. The molecule has 2 rings (SSSR count). The summed E-state index contributed by atoms with van der Waals surface area (Å²) >= 11 is 3.46. The Morgan fingerprint density at radius 1 is 1.39 bits per heavy atom. The summed E-state index contributed by atoms with van der Waals surface area (Å²) in [4.78, 5) is 23.2. The smallest absolute Gasteiger partial charge is 0.230 e. The molecule has 0 aromatic heterocycles. The fraction of sp³-hybridized carbons (Fsp3) is 0.385. The summed E-state index contributed by atoms with van der Waals surface area (Å²) in [6.07, 6.45) is 0.318. The standard InChI is InChI=1S/C13H14BrNO3/c1-7-9(6-12(16)15-13(7)17)10-5-8(18-2)3-4-11(10)14/h3-5,7,9H,6H2,1-2H3,(H,15,16,17). The molecule has 2 unspecified atom stereocenters. The molecule has 1 aromatic rings. The molecule has 1 fully saturated rings. The van der Waals surface area contributed by atoms with E-state index in [9.17, 15) is 9.59 Å². The van der Waals surface area contributed by atoms with Crippen molar-refractivity contribution in [3.05, 3.63) is 28.2 Å². The highest BCUT2D eigenvalue weighted by Gasteiger charge is 2.34. The second-order valence-electron chi connectivity index (χ2n) is 4.40. The number of imide groups is 1. The highest BCUT2D eigenvalue weighted by molar-refractivity contribution is 9.10. The number of carbonyl (C=O) groups excluding carboxylic acids is 2. The molecule has 96 valence electrons. The summed E-state index contributed by atoms with van der Waals surface area (Å²) in [6, 6.07) is 5.58. The van der Waals surface area contributed by atoms with Crippen LogP contribution in [0.4, 0.5) is 0 Å². The topological polar surface area (TPSA) is 55.4 Å². The number of carbonyl (C=O) groups is 2. The molecule has 1 aliphatic rings. The highest BCUT2D eigenvalue weighted by Crippen LogP contribution is 2.37. The largest absolute Gasteiger partial charge is 0.497 e. The fourth-order valence-electron chi connectivity index (χ4n) is 2.17. The summed E-state index contributed by atoms with van der Waals surface area (Å²) < 4.78 is 6.07. The first-order chi connectivity index (χ1) is 8.52. The number of amides is 2. The zero-order valence-electron chi connectivity index (χ0n) is 10.2. The van der Waals surface area contributed by atoms with Gasteiger partial charge in [-0.2, -0.15) is 0 Å². The molecule has 18 heavy (non-hydrogen) atoms. The van der Waals surface area contributed by atoms with Crippen molar-refractivity contribution in [3.8, 4) is 5.75 Å². The molecule has 0 saturated carbocycles. The van der Waals surface area contributed by atoms with Gasteiger partial charge in [0, 0.05) is 22.7 Å². The van der Waals surface area contributed by atoms with Crippen molar-refractivity contribution in [1.29, 1.82) is 0 Å². The summed E-state index contributed by atoms with van der Waals surface area (Å²) in [5.74, 6) is -0.0653. The van der Waals surface area contributed by atoms with Gasteiger partial charge in [-0.3, -0.25) is 14.9 Å². The van der Waals surface area contributed by atoms with Gasteiger partial charge in [-0.25, -0.2) is 0 Å². The van der Waals surface area contributed by atoms with Crippen molar-refractivity contribution in [2.45, 2.75) is 19.3 Å². The van der Waals surface area contributed by atoms with E-state index in [1.165, 1.54) is 0 Å². The number of hydrogen-bond donors (Lipinski definition) is 1. The first-order valence-electron chi connectivity index (χ1n) is 5.70. The molecule has 2 atom stereocenters. The minimum atomic E-state index is -0.230. The van der Waals surface area contributed by atoms with Crippen molar-refractivity contribution in [1.82, 2.24) is 5.32 Å². The molecule has 2 amide bonds. The molecule has 1 heterocycles. The lowest BCUT2D eigenvalue weighted by atomic mass is 9.81. The number of benzene rings is 1. The van der Waals surface area contributed by atoms with E-state index in [1.807, 2.05) is 25.1 Å². The van der Waals surface area contributed by atoms with Gasteiger partial charge in [0.15, 0.2) is 0 Å². The Labute approximate surface area is 114 Å². The Balaban J connectivity index is 2.40. The van der Waals surface area contributed by atoms with Crippen molar-refractivity contribution >= 4 is 27.7 Å². The Hall–Kier alpha value is -1.36. The van der Waals surface area contributed by atoms with Crippen LogP contribution >= 0.6 is 15.9 Å². The van der Waals surface area contributed by atoms with E-state index in [0.717, 1.165) is 15.8 Å². The Morgan fingerprint density at radius 3 is 2.78 bits per heavy atom. The van der Waals surface area contributed by atoms with Gasteiger partial charge in [-0.15, -0.1) is 0 Å². The molecule has 0 aliphatic carbocycles. The zero-order chi connectivity index (χ0) is 13.3. The van der Waals surface area contributed by atoms with Crippen LogP contribution in [0.15, 0.2) is 22.7 Å². The Bertz CT molecular complexity index is 501. The maximum absolute atomic E-state index is 11.7. The van der Waals surface area contributed by atoms with E-state index in [2.05, 4.69) is 21.2 Å². The van der Waals surface area contributed by atoms with Crippen LogP contribution in [0.1, 0.15) is 24.8 Å². The molecule has 0 spiro atoms. The molecular weight excluding hydrogens is 298 g/mol. The summed E-state index contributed by atoms with van der Waals surface area (Å²) in [6.45, 7) is 1.83.